The van der Waals surface area contributed by atoms with E-state index in [1.54, 1.807) is 36.4 Å². The van der Waals surface area contributed by atoms with Crippen LogP contribution in [0.1, 0.15) is 29.3 Å². The monoisotopic (exact) mass is 287 g/mol. The number of carbonyl (C=O) groups excluding carboxylic acids is 1. The lowest BCUT2D eigenvalue weighted by Crippen LogP contribution is -2.23. The van der Waals surface area contributed by atoms with E-state index in [9.17, 15) is 9.18 Å². The quantitative estimate of drug-likeness (QED) is 0.882. The highest BCUT2D eigenvalue weighted by molar-refractivity contribution is 5.94. The van der Waals surface area contributed by atoms with Gasteiger partial charge in [0.15, 0.2) is 0 Å². The van der Waals surface area contributed by atoms with Crippen LogP contribution in [-0.2, 0) is 6.61 Å². The van der Waals surface area contributed by atoms with Crippen LogP contribution >= 0.6 is 0 Å². The topological polar surface area (TPSA) is 38.3 Å². The Balaban J connectivity index is 1.97. The second kappa shape index (κ2) is 7.43. The van der Waals surface area contributed by atoms with E-state index in [1.165, 1.54) is 12.1 Å². The summed E-state index contributed by atoms with van der Waals surface area (Å²) < 4.78 is 18.4. The third kappa shape index (κ3) is 4.60. The molecule has 2 aromatic carbocycles. The molecule has 3 nitrogen and oxygen atoms in total. The van der Waals surface area contributed by atoms with E-state index in [4.69, 9.17) is 4.74 Å². The molecule has 0 aliphatic carbocycles. The molecular weight excluding hydrogens is 269 g/mol. The highest BCUT2D eigenvalue weighted by Gasteiger charge is 2.06. The fraction of sp³-hybridized carbons (Fsp3) is 0.235. The predicted molar refractivity (Wildman–Crippen MR) is 79.8 cm³/mol. The van der Waals surface area contributed by atoms with Crippen molar-refractivity contribution in [2.75, 3.05) is 6.54 Å². The number of halogens is 1. The van der Waals surface area contributed by atoms with Crippen molar-refractivity contribution in [1.82, 2.24) is 5.32 Å². The molecule has 2 rings (SSSR count). The Morgan fingerprint density at radius 1 is 1.19 bits per heavy atom. The Labute approximate surface area is 123 Å². The van der Waals surface area contributed by atoms with Crippen LogP contribution < -0.4 is 10.1 Å². The predicted octanol–water partition coefficient (Wildman–Crippen LogP) is 3.54. The van der Waals surface area contributed by atoms with Crippen LogP contribution in [0.3, 0.4) is 0 Å². The molecule has 21 heavy (non-hydrogen) atoms. The molecule has 0 saturated carbocycles. The van der Waals surface area contributed by atoms with Crippen LogP contribution in [0.2, 0.25) is 0 Å². The Bertz CT molecular complexity index is 596. The number of hydrogen-bond acceptors (Lipinski definition) is 2. The molecule has 0 aliphatic rings. The van der Waals surface area contributed by atoms with Gasteiger partial charge in [0.1, 0.15) is 18.2 Å². The summed E-state index contributed by atoms with van der Waals surface area (Å²) in [7, 11) is 0. The van der Waals surface area contributed by atoms with Crippen molar-refractivity contribution in [3.63, 3.8) is 0 Å². The molecule has 4 heteroatoms. The number of amides is 1. The van der Waals surface area contributed by atoms with E-state index < -0.39 is 0 Å². The molecule has 0 bridgehead atoms. The Kier molecular flexibility index (Phi) is 5.32. The van der Waals surface area contributed by atoms with Gasteiger partial charge < -0.3 is 10.1 Å². The molecule has 0 spiro atoms. The summed E-state index contributed by atoms with van der Waals surface area (Å²) in [5.41, 5.74) is 1.44. The van der Waals surface area contributed by atoms with E-state index in [-0.39, 0.29) is 11.7 Å². The number of ether oxygens (including phenoxy) is 1. The zero-order valence-corrected chi connectivity index (χ0v) is 11.9. The maximum Gasteiger partial charge on any atom is 0.251 e. The number of carbonyl (C=O) groups is 1. The summed E-state index contributed by atoms with van der Waals surface area (Å²) in [6, 6.07) is 13.2. The number of benzene rings is 2. The molecule has 1 amide bonds. The number of nitrogens with one attached hydrogen (secondary N) is 1. The summed E-state index contributed by atoms with van der Waals surface area (Å²) in [5, 5.41) is 2.82. The first-order valence-corrected chi connectivity index (χ1v) is 6.94. The summed E-state index contributed by atoms with van der Waals surface area (Å²) in [6.07, 6.45) is 0.895. The standard InChI is InChI=1S/C17H18FNO2/c1-2-10-19-17(20)14-4-3-5-16(11-14)21-12-13-6-8-15(18)9-7-13/h3-9,11H,2,10,12H2,1H3,(H,19,20). The Hall–Kier alpha value is -2.36. The zero-order chi connectivity index (χ0) is 15.1. The van der Waals surface area contributed by atoms with Crippen molar-refractivity contribution >= 4 is 5.91 Å². The van der Waals surface area contributed by atoms with Gasteiger partial charge in [-0.05, 0) is 42.3 Å². The lowest BCUT2D eigenvalue weighted by atomic mass is 10.2. The van der Waals surface area contributed by atoms with Gasteiger partial charge in [0.05, 0.1) is 0 Å². The van der Waals surface area contributed by atoms with Crippen molar-refractivity contribution in [2.24, 2.45) is 0 Å². The second-order valence-corrected chi connectivity index (χ2v) is 4.70. The van der Waals surface area contributed by atoms with E-state index >= 15 is 0 Å². The van der Waals surface area contributed by atoms with E-state index in [0.717, 1.165) is 12.0 Å². The van der Waals surface area contributed by atoms with Gasteiger partial charge in [-0.15, -0.1) is 0 Å². The van der Waals surface area contributed by atoms with Crippen molar-refractivity contribution in [3.8, 4) is 5.75 Å². The van der Waals surface area contributed by atoms with Gasteiger partial charge >= 0.3 is 0 Å². The Morgan fingerprint density at radius 3 is 2.67 bits per heavy atom. The van der Waals surface area contributed by atoms with Crippen LogP contribution in [0.15, 0.2) is 48.5 Å². The molecule has 0 saturated heterocycles. The first kappa shape index (κ1) is 15.0. The SMILES string of the molecule is CCCNC(=O)c1cccc(OCc2ccc(F)cc2)c1. The molecule has 0 aromatic heterocycles. The van der Waals surface area contributed by atoms with Crippen LogP contribution in [-0.4, -0.2) is 12.5 Å². The third-order valence-corrected chi connectivity index (χ3v) is 2.95. The molecule has 1 N–H and O–H groups in total. The first-order valence-electron chi connectivity index (χ1n) is 6.94. The van der Waals surface area contributed by atoms with Gasteiger partial charge in [0.2, 0.25) is 0 Å². The van der Waals surface area contributed by atoms with Crippen molar-refractivity contribution in [3.05, 3.63) is 65.5 Å². The minimum Gasteiger partial charge on any atom is -0.489 e. The largest absolute Gasteiger partial charge is 0.489 e. The maximum absolute atomic E-state index is 12.8. The normalized spacial score (nSPS) is 10.2. The molecule has 0 radical (unpaired) electrons. The van der Waals surface area contributed by atoms with Gasteiger partial charge in [0.25, 0.3) is 5.91 Å². The van der Waals surface area contributed by atoms with Gasteiger partial charge in [-0.25, -0.2) is 4.39 Å². The number of hydrogen-bond donors (Lipinski definition) is 1. The summed E-state index contributed by atoms with van der Waals surface area (Å²) in [4.78, 5) is 11.9. The minimum absolute atomic E-state index is 0.107. The fourth-order valence-corrected chi connectivity index (χ4v) is 1.82. The lowest BCUT2D eigenvalue weighted by molar-refractivity contribution is 0.0953. The summed E-state index contributed by atoms with van der Waals surface area (Å²) in [5.74, 6) is 0.237. The van der Waals surface area contributed by atoms with Gasteiger partial charge in [0, 0.05) is 12.1 Å². The average Bonchev–Trinajstić information content (AvgIpc) is 2.52. The smallest absolute Gasteiger partial charge is 0.251 e. The average molecular weight is 287 g/mol. The first-order chi connectivity index (χ1) is 10.2. The fourth-order valence-electron chi connectivity index (χ4n) is 1.82. The molecule has 2 aromatic rings. The van der Waals surface area contributed by atoms with Gasteiger partial charge in [-0.3, -0.25) is 4.79 Å². The van der Waals surface area contributed by atoms with E-state index in [0.29, 0.717) is 24.5 Å². The summed E-state index contributed by atoms with van der Waals surface area (Å²) in [6.45, 7) is 2.99. The van der Waals surface area contributed by atoms with Crippen LogP contribution in [0.25, 0.3) is 0 Å². The molecule has 110 valence electrons. The third-order valence-electron chi connectivity index (χ3n) is 2.95. The Morgan fingerprint density at radius 2 is 1.95 bits per heavy atom. The second-order valence-electron chi connectivity index (χ2n) is 4.70. The molecule has 0 unspecified atom stereocenters. The minimum atomic E-state index is -0.270. The van der Waals surface area contributed by atoms with Crippen molar-refractivity contribution in [1.29, 1.82) is 0 Å². The lowest BCUT2D eigenvalue weighted by Gasteiger charge is -2.08. The molecular formula is C17H18FNO2. The van der Waals surface area contributed by atoms with Gasteiger partial charge in [-0.2, -0.15) is 0 Å². The zero-order valence-electron chi connectivity index (χ0n) is 11.9. The molecule has 0 aliphatic heterocycles. The molecule has 0 heterocycles. The number of rotatable bonds is 6. The molecule has 0 atom stereocenters. The van der Waals surface area contributed by atoms with Crippen molar-refractivity contribution < 1.29 is 13.9 Å². The highest BCUT2D eigenvalue weighted by atomic mass is 19.1. The summed E-state index contributed by atoms with van der Waals surface area (Å²) >= 11 is 0. The highest BCUT2D eigenvalue weighted by Crippen LogP contribution is 2.15. The maximum atomic E-state index is 12.8. The van der Waals surface area contributed by atoms with Crippen LogP contribution in [0.5, 0.6) is 5.75 Å². The molecule has 0 fully saturated rings. The van der Waals surface area contributed by atoms with Crippen LogP contribution in [0.4, 0.5) is 4.39 Å². The van der Waals surface area contributed by atoms with E-state index in [1.807, 2.05) is 6.92 Å². The van der Waals surface area contributed by atoms with Crippen LogP contribution in [0, 0.1) is 5.82 Å². The van der Waals surface area contributed by atoms with E-state index in [2.05, 4.69) is 5.32 Å². The van der Waals surface area contributed by atoms with Crippen molar-refractivity contribution in [2.45, 2.75) is 20.0 Å². The van der Waals surface area contributed by atoms with Gasteiger partial charge in [-0.1, -0.05) is 25.1 Å².